The number of hydrogen-bond donors (Lipinski definition) is 0. The van der Waals surface area contributed by atoms with Crippen LogP contribution in [-0.4, -0.2) is 24.9 Å². The highest BCUT2D eigenvalue weighted by molar-refractivity contribution is 6.01. The van der Waals surface area contributed by atoms with Gasteiger partial charge >= 0.3 is 5.97 Å². The van der Waals surface area contributed by atoms with Crippen molar-refractivity contribution in [2.24, 2.45) is 5.92 Å². The summed E-state index contributed by atoms with van der Waals surface area (Å²) in [6.07, 6.45) is 1.87. The topological polar surface area (TPSA) is 61.4 Å². The summed E-state index contributed by atoms with van der Waals surface area (Å²) in [5.74, 6) is 1.03. The molecule has 3 aromatic heterocycles. The number of hydrogen-bond acceptors (Lipinski definition) is 4. The third-order valence-corrected chi connectivity index (χ3v) is 6.15. The fourth-order valence-corrected chi connectivity index (χ4v) is 4.14. The molecule has 2 aromatic carbocycles. The average Bonchev–Trinajstić information content (AvgIpc) is 3.33. The summed E-state index contributed by atoms with van der Waals surface area (Å²) in [7, 11) is 0. The number of nitrogens with zero attached hydrogens (tertiary/aromatic N) is 4. The third-order valence-electron chi connectivity index (χ3n) is 6.15. The van der Waals surface area contributed by atoms with Crippen LogP contribution in [0.2, 0.25) is 0 Å². The molecular formula is C27H28N4O2. The highest BCUT2D eigenvalue weighted by atomic mass is 16.5. The maximum atomic E-state index is 12.6. The minimum Gasteiger partial charge on any atom is -0.424 e. The Labute approximate surface area is 192 Å². The lowest BCUT2D eigenvalue weighted by atomic mass is 10.1. The highest BCUT2D eigenvalue weighted by Gasteiger charge is 2.24. The van der Waals surface area contributed by atoms with Gasteiger partial charge in [-0.05, 0) is 49.2 Å². The zero-order valence-electron chi connectivity index (χ0n) is 19.9. The number of imidazole rings is 1. The zero-order valence-corrected chi connectivity index (χ0v) is 19.9. The Morgan fingerprint density at radius 2 is 1.70 bits per heavy atom. The quantitative estimate of drug-likeness (QED) is 0.316. The first-order chi connectivity index (χ1) is 15.8. The van der Waals surface area contributed by atoms with Gasteiger partial charge in [0.1, 0.15) is 11.2 Å². The molecule has 33 heavy (non-hydrogen) atoms. The molecule has 6 nitrogen and oxygen atoms in total. The van der Waals surface area contributed by atoms with Gasteiger partial charge in [0.05, 0.1) is 23.1 Å². The van der Waals surface area contributed by atoms with Gasteiger partial charge in [-0.25, -0.2) is 9.97 Å². The van der Waals surface area contributed by atoms with E-state index >= 15 is 0 Å². The monoisotopic (exact) mass is 440 g/mol. The predicted molar refractivity (Wildman–Crippen MR) is 131 cm³/mol. The molecule has 0 bridgehead atoms. The van der Waals surface area contributed by atoms with E-state index in [1.54, 1.807) is 0 Å². The van der Waals surface area contributed by atoms with Gasteiger partial charge < -0.3 is 4.74 Å². The Morgan fingerprint density at radius 3 is 2.39 bits per heavy atom. The van der Waals surface area contributed by atoms with Crippen LogP contribution in [0.1, 0.15) is 50.6 Å². The van der Waals surface area contributed by atoms with E-state index < -0.39 is 0 Å². The number of carbonyl (C=O) groups excluding carboxylic acids is 1. The van der Waals surface area contributed by atoms with Crippen LogP contribution in [0.3, 0.4) is 0 Å². The molecule has 0 saturated heterocycles. The fourth-order valence-electron chi connectivity index (χ4n) is 4.14. The van der Waals surface area contributed by atoms with E-state index in [4.69, 9.17) is 14.7 Å². The molecule has 0 amide bonds. The van der Waals surface area contributed by atoms with Gasteiger partial charge in [0, 0.05) is 11.6 Å². The number of fused-ring (bicyclic) bond motifs is 5. The van der Waals surface area contributed by atoms with Gasteiger partial charge in [-0.2, -0.15) is 0 Å². The van der Waals surface area contributed by atoms with Crippen LogP contribution in [0.25, 0.3) is 33.4 Å². The van der Waals surface area contributed by atoms with Crippen molar-refractivity contribution in [3.63, 3.8) is 0 Å². The molecule has 0 aliphatic rings. The lowest BCUT2D eigenvalue weighted by molar-refractivity contribution is -0.137. The van der Waals surface area contributed by atoms with E-state index in [-0.39, 0.29) is 17.8 Å². The minimum absolute atomic E-state index is 0.166. The van der Waals surface area contributed by atoms with Gasteiger partial charge in [-0.15, -0.1) is 0 Å². The molecule has 0 fully saturated rings. The number of para-hydroxylation sites is 2. The van der Waals surface area contributed by atoms with Crippen molar-refractivity contribution in [2.45, 2.75) is 47.5 Å². The molecular weight excluding hydrogens is 412 g/mol. The van der Waals surface area contributed by atoms with Crippen LogP contribution in [0.5, 0.6) is 5.75 Å². The van der Waals surface area contributed by atoms with Gasteiger partial charge in [-0.1, -0.05) is 45.9 Å². The average molecular weight is 441 g/mol. The summed E-state index contributed by atoms with van der Waals surface area (Å²) in [4.78, 5) is 22.7. The lowest BCUT2D eigenvalue weighted by Crippen LogP contribution is -2.14. The van der Waals surface area contributed by atoms with Crippen LogP contribution in [0, 0.1) is 19.8 Å². The first kappa shape index (κ1) is 21.2. The minimum atomic E-state index is -0.281. The van der Waals surface area contributed by atoms with Crippen molar-refractivity contribution in [1.82, 2.24) is 18.9 Å². The van der Waals surface area contributed by atoms with Gasteiger partial charge in [0.2, 0.25) is 0 Å². The van der Waals surface area contributed by atoms with Gasteiger partial charge in [0.15, 0.2) is 17.0 Å². The number of rotatable bonds is 4. The largest absolute Gasteiger partial charge is 0.424 e. The Balaban J connectivity index is 1.92. The molecule has 168 valence electrons. The number of benzene rings is 2. The smallest absolute Gasteiger partial charge is 0.313 e. The van der Waals surface area contributed by atoms with E-state index in [0.29, 0.717) is 5.75 Å². The summed E-state index contributed by atoms with van der Waals surface area (Å²) in [6, 6.07) is 14.3. The molecule has 0 atom stereocenters. The third kappa shape index (κ3) is 3.37. The maximum Gasteiger partial charge on any atom is 0.313 e. The predicted octanol–water partition coefficient (Wildman–Crippen LogP) is 6.13. The first-order valence-electron chi connectivity index (χ1n) is 11.4. The Kier molecular flexibility index (Phi) is 4.96. The Bertz CT molecular complexity index is 1540. The molecule has 6 heteroatoms. The van der Waals surface area contributed by atoms with E-state index in [1.807, 2.05) is 42.8 Å². The van der Waals surface area contributed by atoms with E-state index in [1.165, 1.54) is 11.1 Å². The molecule has 0 aliphatic heterocycles. The lowest BCUT2D eigenvalue weighted by Gasteiger charge is -2.12. The number of aryl methyl sites for hydroxylation is 2. The van der Waals surface area contributed by atoms with Crippen molar-refractivity contribution < 1.29 is 9.53 Å². The van der Waals surface area contributed by atoms with Crippen LogP contribution in [0.4, 0.5) is 0 Å². The second-order valence-corrected chi connectivity index (χ2v) is 9.29. The summed E-state index contributed by atoms with van der Waals surface area (Å²) in [5, 5.41) is 0.739. The molecule has 5 aromatic rings. The first-order valence-corrected chi connectivity index (χ1v) is 11.4. The van der Waals surface area contributed by atoms with Crippen LogP contribution < -0.4 is 4.74 Å². The maximum absolute atomic E-state index is 12.6. The summed E-state index contributed by atoms with van der Waals surface area (Å²) in [5.41, 5.74) is 6.73. The van der Waals surface area contributed by atoms with Crippen LogP contribution in [0.15, 0.2) is 48.7 Å². The highest BCUT2D eigenvalue weighted by Crippen LogP contribution is 2.36. The second kappa shape index (κ2) is 7.73. The van der Waals surface area contributed by atoms with Crippen molar-refractivity contribution >= 4 is 33.7 Å². The van der Waals surface area contributed by atoms with Crippen molar-refractivity contribution in [3.8, 4) is 11.4 Å². The van der Waals surface area contributed by atoms with Crippen LogP contribution in [-0.2, 0) is 4.79 Å². The van der Waals surface area contributed by atoms with Crippen molar-refractivity contribution in [1.29, 1.82) is 0 Å². The van der Waals surface area contributed by atoms with Crippen LogP contribution >= 0.6 is 0 Å². The van der Waals surface area contributed by atoms with Crippen molar-refractivity contribution in [3.05, 3.63) is 65.6 Å². The standard InChI is InChI=1S/C27H28N4O2/c1-15(2)24-29-25-23(26-28-20-9-7-8-10-21(20)31(24)26)22(33-27(32)16(3)4)14-30(25)19-12-11-17(5)18(6)13-19/h7-16H,1-6H3. The van der Waals surface area contributed by atoms with E-state index in [0.717, 1.165) is 39.2 Å². The number of ether oxygens (including phenoxy) is 1. The molecule has 0 saturated carbocycles. The van der Waals surface area contributed by atoms with Gasteiger partial charge in [0.25, 0.3) is 0 Å². The molecule has 0 spiro atoms. The van der Waals surface area contributed by atoms with E-state index in [2.05, 4.69) is 56.4 Å². The SMILES string of the molecule is Cc1ccc(-n2cc(OC(=O)C(C)C)c3c2nc(C(C)C)n2c4ccccc4nc32)cc1C. The fraction of sp³-hybridized carbons (Fsp3) is 0.296. The molecule has 0 radical (unpaired) electrons. The molecule has 0 aliphatic carbocycles. The number of esters is 1. The van der Waals surface area contributed by atoms with Gasteiger partial charge in [-0.3, -0.25) is 13.8 Å². The second-order valence-electron chi connectivity index (χ2n) is 9.29. The summed E-state index contributed by atoms with van der Waals surface area (Å²) >= 11 is 0. The van der Waals surface area contributed by atoms with Crippen molar-refractivity contribution in [2.75, 3.05) is 0 Å². The summed E-state index contributed by atoms with van der Waals surface area (Å²) < 4.78 is 10.0. The van der Waals surface area contributed by atoms with E-state index in [9.17, 15) is 4.79 Å². The molecule has 3 heterocycles. The number of aromatic nitrogens is 4. The molecule has 0 N–H and O–H groups in total. The molecule has 5 rings (SSSR count). The normalized spacial score (nSPS) is 12.0. The number of carbonyl (C=O) groups is 1. The Morgan fingerprint density at radius 1 is 0.939 bits per heavy atom. The molecule has 0 unspecified atom stereocenters. The zero-order chi connectivity index (χ0) is 23.4. The summed E-state index contributed by atoms with van der Waals surface area (Å²) in [6.45, 7) is 12.1. The Hall–Kier alpha value is -3.67.